The molecule has 1 aliphatic carbocycles. The van der Waals surface area contributed by atoms with E-state index in [4.69, 9.17) is 19.9 Å². The molecule has 7 heteroatoms. The van der Waals surface area contributed by atoms with Crippen molar-refractivity contribution in [1.82, 2.24) is 9.88 Å². The Bertz CT molecular complexity index is 921. The van der Waals surface area contributed by atoms with Crippen LogP contribution in [0.4, 0.5) is 5.82 Å². The maximum absolute atomic E-state index is 13.1. The molecule has 4 rings (SSSR count). The zero-order valence-electron chi connectivity index (χ0n) is 18.3. The van der Waals surface area contributed by atoms with Gasteiger partial charge in [-0.2, -0.15) is 0 Å². The van der Waals surface area contributed by atoms with Crippen LogP contribution in [-0.2, 0) is 0 Å². The molecule has 1 saturated heterocycles. The van der Waals surface area contributed by atoms with E-state index in [1.54, 1.807) is 32.5 Å². The van der Waals surface area contributed by atoms with Crippen LogP contribution in [0, 0.1) is 5.92 Å². The highest BCUT2D eigenvalue weighted by Crippen LogP contribution is 2.36. The van der Waals surface area contributed by atoms with Gasteiger partial charge in [-0.25, -0.2) is 4.98 Å². The number of methoxy groups -OCH3 is 2. The Hall–Kier alpha value is -2.96. The first kappa shape index (κ1) is 21.3. The van der Waals surface area contributed by atoms with Crippen LogP contribution < -0.4 is 19.9 Å². The maximum Gasteiger partial charge on any atom is 0.253 e. The second-order valence-corrected chi connectivity index (χ2v) is 8.39. The predicted octanol–water partition coefficient (Wildman–Crippen LogP) is 3.88. The first-order chi connectivity index (χ1) is 15.1. The summed E-state index contributed by atoms with van der Waals surface area (Å²) in [6, 6.07) is 7.23. The molecule has 2 fully saturated rings. The zero-order valence-corrected chi connectivity index (χ0v) is 18.3. The molecule has 1 aromatic heterocycles. The Labute approximate surface area is 183 Å². The summed E-state index contributed by atoms with van der Waals surface area (Å²) in [5.74, 6) is 3.47. The van der Waals surface area contributed by atoms with Crippen molar-refractivity contribution in [3.63, 3.8) is 0 Å². The van der Waals surface area contributed by atoms with E-state index in [0.29, 0.717) is 54.4 Å². The number of pyridine rings is 1. The molecule has 1 aromatic carbocycles. The van der Waals surface area contributed by atoms with E-state index in [9.17, 15) is 4.79 Å². The fourth-order valence-electron chi connectivity index (χ4n) is 4.31. The number of anilines is 1. The topological polar surface area (TPSA) is 86.9 Å². The van der Waals surface area contributed by atoms with Gasteiger partial charge in [-0.05, 0) is 55.7 Å². The molecule has 2 heterocycles. The second-order valence-electron chi connectivity index (χ2n) is 8.39. The molecular formula is C24H31N3O4. The van der Waals surface area contributed by atoms with E-state index < -0.39 is 0 Å². The largest absolute Gasteiger partial charge is 0.496 e. The molecule has 0 radical (unpaired) electrons. The zero-order chi connectivity index (χ0) is 21.8. The van der Waals surface area contributed by atoms with Crippen molar-refractivity contribution < 1.29 is 19.0 Å². The summed E-state index contributed by atoms with van der Waals surface area (Å²) >= 11 is 0. The number of aromatic nitrogens is 1. The van der Waals surface area contributed by atoms with Gasteiger partial charge in [0, 0.05) is 36.5 Å². The number of benzene rings is 1. The van der Waals surface area contributed by atoms with Gasteiger partial charge in [0.2, 0.25) is 0 Å². The number of nitrogens with zero attached hydrogens (tertiary/aromatic N) is 2. The van der Waals surface area contributed by atoms with Crippen LogP contribution in [0.15, 0.2) is 30.5 Å². The molecule has 0 bridgehead atoms. The minimum absolute atomic E-state index is 0.0182. The SMILES string of the molecule is COc1cc(C(=O)N2CCC(c3cnc(N)cc3OC)CC2)ccc1OCC1CCC1. The third kappa shape index (κ3) is 4.70. The number of hydrogen-bond acceptors (Lipinski definition) is 6. The van der Waals surface area contributed by atoms with Crippen molar-refractivity contribution in [2.75, 3.05) is 39.6 Å². The van der Waals surface area contributed by atoms with E-state index in [0.717, 1.165) is 24.2 Å². The standard InChI is InChI=1S/C24H31N3O4/c1-29-21-13-23(25)26-14-19(21)17-8-10-27(11-9-17)24(28)18-6-7-20(22(12-18)30-2)31-15-16-4-3-5-16/h6-7,12-14,16-17H,3-5,8-11,15H2,1-2H3,(H2,25,26). The van der Waals surface area contributed by atoms with Crippen molar-refractivity contribution in [3.8, 4) is 17.2 Å². The highest BCUT2D eigenvalue weighted by Gasteiger charge is 2.27. The van der Waals surface area contributed by atoms with E-state index in [-0.39, 0.29) is 5.91 Å². The number of ether oxygens (including phenoxy) is 3. The summed E-state index contributed by atoms with van der Waals surface area (Å²) in [6.07, 6.45) is 7.25. The molecule has 0 atom stereocenters. The number of nitrogens with two attached hydrogens (primary N) is 1. The van der Waals surface area contributed by atoms with Gasteiger partial charge in [-0.1, -0.05) is 6.42 Å². The fraction of sp³-hybridized carbons (Fsp3) is 0.500. The lowest BCUT2D eigenvalue weighted by atomic mass is 9.86. The first-order valence-corrected chi connectivity index (χ1v) is 11.0. The lowest BCUT2D eigenvalue weighted by molar-refractivity contribution is 0.0712. The molecule has 31 heavy (non-hydrogen) atoms. The quantitative estimate of drug-likeness (QED) is 0.724. The molecule has 1 saturated carbocycles. The van der Waals surface area contributed by atoms with E-state index >= 15 is 0 Å². The van der Waals surface area contributed by atoms with Gasteiger partial charge in [0.15, 0.2) is 11.5 Å². The van der Waals surface area contributed by atoms with Crippen LogP contribution in [0.25, 0.3) is 0 Å². The van der Waals surface area contributed by atoms with Gasteiger partial charge >= 0.3 is 0 Å². The van der Waals surface area contributed by atoms with Crippen molar-refractivity contribution >= 4 is 11.7 Å². The van der Waals surface area contributed by atoms with Gasteiger partial charge in [0.05, 0.1) is 20.8 Å². The smallest absolute Gasteiger partial charge is 0.253 e. The Morgan fingerprint density at radius 3 is 2.45 bits per heavy atom. The number of rotatable bonds is 7. The summed E-state index contributed by atoms with van der Waals surface area (Å²) in [6.45, 7) is 2.07. The summed E-state index contributed by atoms with van der Waals surface area (Å²) in [4.78, 5) is 19.2. The van der Waals surface area contributed by atoms with E-state index in [2.05, 4.69) is 4.98 Å². The second kappa shape index (κ2) is 9.45. The Balaban J connectivity index is 1.39. The average Bonchev–Trinajstić information content (AvgIpc) is 2.77. The number of hydrogen-bond donors (Lipinski definition) is 1. The minimum Gasteiger partial charge on any atom is -0.496 e. The predicted molar refractivity (Wildman–Crippen MR) is 119 cm³/mol. The Morgan fingerprint density at radius 2 is 1.81 bits per heavy atom. The molecule has 166 valence electrons. The fourth-order valence-corrected chi connectivity index (χ4v) is 4.31. The van der Waals surface area contributed by atoms with E-state index in [1.807, 2.05) is 17.0 Å². The number of amides is 1. The summed E-state index contributed by atoms with van der Waals surface area (Å²) in [7, 11) is 3.25. The molecule has 1 amide bonds. The van der Waals surface area contributed by atoms with Crippen molar-refractivity contribution in [3.05, 3.63) is 41.6 Å². The molecule has 2 N–H and O–H groups in total. The number of carbonyl (C=O) groups is 1. The van der Waals surface area contributed by atoms with Crippen LogP contribution in [-0.4, -0.2) is 49.7 Å². The Morgan fingerprint density at radius 1 is 1.06 bits per heavy atom. The molecule has 0 spiro atoms. The van der Waals surface area contributed by atoms with Gasteiger partial charge < -0.3 is 24.8 Å². The average molecular weight is 426 g/mol. The third-order valence-electron chi connectivity index (χ3n) is 6.47. The summed E-state index contributed by atoms with van der Waals surface area (Å²) in [5, 5.41) is 0. The molecule has 1 aliphatic heterocycles. The number of carbonyl (C=O) groups excluding carboxylic acids is 1. The third-order valence-corrected chi connectivity index (χ3v) is 6.47. The van der Waals surface area contributed by atoms with Gasteiger partial charge in [-0.15, -0.1) is 0 Å². The van der Waals surface area contributed by atoms with Crippen LogP contribution >= 0.6 is 0 Å². The van der Waals surface area contributed by atoms with Gasteiger partial charge in [-0.3, -0.25) is 4.79 Å². The van der Waals surface area contributed by atoms with Crippen molar-refractivity contribution in [2.45, 2.75) is 38.0 Å². The highest BCUT2D eigenvalue weighted by atomic mass is 16.5. The Kier molecular flexibility index (Phi) is 6.49. The first-order valence-electron chi connectivity index (χ1n) is 11.0. The van der Waals surface area contributed by atoms with Crippen LogP contribution in [0.1, 0.15) is 53.9 Å². The number of nitrogen functional groups attached to an aromatic ring is 1. The van der Waals surface area contributed by atoms with Crippen molar-refractivity contribution in [2.24, 2.45) is 5.92 Å². The summed E-state index contributed by atoms with van der Waals surface area (Å²) in [5.41, 5.74) is 7.45. The summed E-state index contributed by atoms with van der Waals surface area (Å²) < 4.78 is 16.9. The van der Waals surface area contributed by atoms with Crippen LogP contribution in [0.3, 0.4) is 0 Å². The van der Waals surface area contributed by atoms with E-state index in [1.165, 1.54) is 19.3 Å². The molecule has 7 nitrogen and oxygen atoms in total. The van der Waals surface area contributed by atoms with Gasteiger partial charge in [0.25, 0.3) is 5.91 Å². The molecule has 2 aromatic rings. The minimum atomic E-state index is 0.0182. The van der Waals surface area contributed by atoms with Crippen LogP contribution in [0.5, 0.6) is 17.2 Å². The molecule has 0 unspecified atom stereocenters. The highest BCUT2D eigenvalue weighted by molar-refractivity contribution is 5.95. The van der Waals surface area contributed by atoms with Gasteiger partial charge in [0.1, 0.15) is 11.6 Å². The maximum atomic E-state index is 13.1. The lowest BCUT2D eigenvalue weighted by Gasteiger charge is -2.32. The molecule has 2 aliphatic rings. The monoisotopic (exact) mass is 425 g/mol. The number of likely N-dealkylation sites (tertiary alicyclic amines) is 1. The van der Waals surface area contributed by atoms with Crippen molar-refractivity contribution in [1.29, 1.82) is 0 Å². The number of piperidine rings is 1. The normalized spacial score (nSPS) is 17.2. The lowest BCUT2D eigenvalue weighted by Crippen LogP contribution is -2.38. The van der Waals surface area contributed by atoms with Crippen LogP contribution in [0.2, 0.25) is 0 Å². The molecular weight excluding hydrogens is 394 g/mol.